The van der Waals surface area contributed by atoms with Crippen LogP contribution in [0.3, 0.4) is 0 Å². The Hall–Kier alpha value is -1.70. The van der Waals surface area contributed by atoms with E-state index in [0.29, 0.717) is 23.9 Å². The van der Waals surface area contributed by atoms with Crippen molar-refractivity contribution in [1.82, 2.24) is 14.7 Å². The number of aromatic nitrogens is 2. The molecule has 1 saturated carbocycles. The van der Waals surface area contributed by atoms with Crippen LogP contribution in [-0.2, 0) is 10.0 Å². The molecule has 0 saturated heterocycles. The third kappa shape index (κ3) is 4.43. The van der Waals surface area contributed by atoms with Crippen LogP contribution in [0.4, 0.5) is 0 Å². The monoisotopic (exact) mass is 367 g/mol. The molecule has 2 aromatic rings. The summed E-state index contributed by atoms with van der Waals surface area (Å²) < 4.78 is 33.2. The van der Waals surface area contributed by atoms with Crippen molar-refractivity contribution in [3.63, 3.8) is 0 Å². The molecule has 8 heteroatoms. The number of hydrogen-bond acceptors (Lipinski definition) is 5. The zero-order valence-corrected chi connectivity index (χ0v) is 14.5. The summed E-state index contributed by atoms with van der Waals surface area (Å²) >= 11 is 5.80. The van der Waals surface area contributed by atoms with Crippen LogP contribution in [0, 0.1) is 0 Å². The Morgan fingerprint density at radius 2 is 1.67 bits per heavy atom. The van der Waals surface area contributed by atoms with Crippen molar-refractivity contribution in [2.45, 2.75) is 42.7 Å². The molecular formula is C16H18ClN3O3S. The van der Waals surface area contributed by atoms with Gasteiger partial charge in [0.05, 0.1) is 4.90 Å². The molecule has 24 heavy (non-hydrogen) atoms. The third-order valence-electron chi connectivity index (χ3n) is 3.93. The van der Waals surface area contributed by atoms with E-state index in [0.717, 1.165) is 12.8 Å². The van der Waals surface area contributed by atoms with Crippen LogP contribution in [-0.4, -0.2) is 30.5 Å². The molecular weight excluding hydrogens is 350 g/mol. The molecule has 0 radical (unpaired) electrons. The van der Waals surface area contributed by atoms with E-state index in [2.05, 4.69) is 14.7 Å². The topological polar surface area (TPSA) is 81.2 Å². The molecule has 6 nitrogen and oxygen atoms in total. The standard InChI is InChI=1S/C16H18ClN3O3S/c17-12-2-8-15(9-3-12)24(21,22)20-13-4-6-14(7-5-13)23-16-18-10-1-11-19-16/h1-3,8-11,13-14,20H,4-7H2. The highest BCUT2D eigenvalue weighted by Crippen LogP contribution is 2.23. The van der Waals surface area contributed by atoms with Gasteiger partial charge in [-0.25, -0.2) is 23.1 Å². The largest absolute Gasteiger partial charge is 0.460 e. The zero-order valence-electron chi connectivity index (χ0n) is 12.9. The number of hydrogen-bond donors (Lipinski definition) is 1. The van der Waals surface area contributed by atoms with Gasteiger partial charge in [0.25, 0.3) is 0 Å². The Labute approximate surface area is 146 Å². The summed E-state index contributed by atoms with van der Waals surface area (Å²) in [6.07, 6.45) is 6.22. The molecule has 128 valence electrons. The Morgan fingerprint density at radius 3 is 2.29 bits per heavy atom. The molecule has 0 amide bonds. The maximum absolute atomic E-state index is 12.4. The fourth-order valence-corrected chi connectivity index (χ4v) is 4.13. The van der Waals surface area contributed by atoms with Crippen molar-refractivity contribution < 1.29 is 13.2 Å². The molecule has 1 aromatic heterocycles. The molecule has 0 aliphatic heterocycles. The first kappa shape index (κ1) is 17.1. The molecule has 0 bridgehead atoms. The lowest BCUT2D eigenvalue weighted by molar-refractivity contribution is 0.132. The number of nitrogens with zero attached hydrogens (tertiary/aromatic N) is 2. The average molecular weight is 368 g/mol. The van der Waals surface area contributed by atoms with E-state index in [4.69, 9.17) is 16.3 Å². The highest BCUT2D eigenvalue weighted by atomic mass is 35.5. The minimum absolute atomic E-state index is 0.0173. The first-order chi connectivity index (χ1) is 11.5. The Bertz CT molecular complexity index is 761. The number of halogens is 1. The van der Waals surface area contributed by atoms with Gasteiger partial charge >= 0.3 is 6.01 Å². The summed E-state index contributed by atoms with van der Waals surface area (Å²) in [5.41, 5.74) is 0. The minimum Gasteiger partial charge on any atom is -0.460 e. The van der Waals surface area contributed by atoms with Crippen LogP contribution < -0.4 is 9.46 Å². The van der Waals surface area contributed by atoms with E-state index >= 15 is 0 Å². The highest BCUT2D eigenvalue weighted by molar-refractivity contribution is 7.89. The lowest BCUT2D eigenvalue weighted by Crippen LogP contribution is -2.39. The van der Waals surface area contributed by atoms with Crippen LogP contribution in [0.5, 0.6) is 6.01 Å². The first-order valence-electron chi connectivity index (χ1n) is 7.74. The Kier molecular flexibility index (Phi) is 5.33. The van der Waals surface area contributed by atoms with Gasteiger partial charge < -0.3 is 4.74 Å². The molecule has 1 heterocycles. The van der Waals surface area contributed by atoms with Crippen LogP contribution >= 0.6 is 11.6 Å². The van der Waals surface area contributed by atoms with Crippen LogP contribution in [0.2, 0.25) is 5.02 Å². The third-order valence-corrected chi connectivity index (χ3v) is 5.72. The smallest absolute Gasteiger partial charge is 0.316 e. The van der Waals surface area contributed by atoms with Crippen molar-refractivity contribution in [3.05, 3.63) is 47.7 Å². The SMILES string of the molecule is O=S(=O)(NC1CCC(Oc2ncccn2)CC1)c1ccc(Cl)cc1. The predicted molar refractivity (Wildman–Crippen MR) is 90.5 cm³/mol. The minimum atomic E-state index is -3.53. The van der Waals surface area contributed by atoms with Gasteiger partial charge in [0.15, 0.2) is 0 Å². The normalized spacial score (nSPS) is 21.4. The van der Waals surface area contributed by atoms with Crippen molar-refractivity contribution in [3.8, 4) is 6.01 Å². The Morgan fingerprint density at radius 1 is 1.04 bits per heavy atom. The second kappa shape index (κ2) is 7.46. The summed E-state index contributed by atoms with van der Waals surface area (Å²) in [5.74, 6) is 0. The van der Waals surface area contributed by atoms with Gasteiger partial charge in [0.1, 0.15) is 6.10 Å². The quantitative estimate of drug-likeness (QED) is 0.878. The fraction of sp³-hybridized carbons (Fsp3) is 0.375. The fourth-order valence-electron chi connectivity index (χ4n) is 2.70. The maximum Gasteiger partial charge on any atom is 0.316 e. The van der Waals surface area contributed by atoms with Gasteiger partial charge in [-0.05, 0) is 56.0 Å². The van der Waals surface area contributed by atoms with E-state index in [1.165, 1.54) is 12.1 Å². The van der Waals surface area contributed by atoms with Crippen LogP contribution in [0.1, 0.15) is 25.7 Å². The molecule has 1 fully saturated rings. The number of sulfonamides is 1. The highest BCUT2D eigenvalue weighted by Gasteiger charge is 2.27. The number of rotatable bonds is 5. The molecule has 0 spiro atoms. The first-order valence-corrected chi connectivity index (χ1v) is 9.60. The van der Waals surface area contributed by atoms with Crippen LogP contribution in [0.25, 0.3) is 0 Å². The van der Waals surface area contributed by atoms with Gasteiger partial charge in [-0.2, -0.15) is 0 Å². The maximum atomic E-state index is 12.4. The molecule has 1 N–H and O–H groups in total. The number of benzene rings is 1. The molecule has 3 rings (SSSR count). The van der Waals surface area contributed by atoms with Crippen molar-refractivity contribution in [1.29, 1.82) is 0 Å². The van der Waals surface area contributed by atoms with E-state index < -0.39 is 10.0 Å². The summed E-state index contributed by atoms with van der Waals surface area (Å²) in [6.45, 7) is 0. The summed E-state index contributed by atoms with van der Waals surface area (Å²) in [6, 6.07) is 8.15. The van der Waals surface area contributed by atoms with Gasteiger partial charge in [-0.1, -0.05) is 11.6 Å². The molecule has 1 aromatic carbocycles. The summed E-state index contributed by atoms with van der Waals surface area (Å²) in [7, 11) is -3.53. The van der Waals surface area contributed by atoms with E-state index in [1.54, 1.807) is 30.6 Å². The van der Waals surface area contributed by atoms with Crippen molar-refractivity contribution in [2.24, 2.45) is 0 Å². The lowest BCUT2D eigenvalue weighted by atomic mass is 9.94. The van der Waals surface area contributed by atoms with Crippen LogP contribution in [0.15, 0.2) is 47.6 Å². The zero-order chi connectivity index (χ0) is 17.0. The van der Waals surface area contributed by atoms with E-state index in [1.807, 2.05) is 0 Å². The lowest BCUT2D eigenvalue weighted by Gasteiger charge is -2.28. The van der Waals surface area contributed by atoms with Gasteiger partial charge in [-0.3, -0.25) is 0 Å². The van der Waals surface area contributed by atoms with Gasteiger partial charge in [-0.15, -0.1) is 0 Å². The molecule has 0 unspecified atom stereocenters. The van der Waals surface area contributed by atoms with Gasteiger partial charge in [0.2, 0.25) is 10.0 Å². The Balaban J connectivity index is 1.54. The van der Waals surface area contributed by atoms with Gasteiger partial charge in [0, 0.05) is 23.5 Å². The number of ether oxygens (including phenoxy) is 1. The second-order valence-electron chi connectivity index (χ2n) is 5.70. The average Bonchev–Trinajstić information content (AvgIpc) is 2.58. The molecule has 1 aliphatic carbocycles. The molecule has 1 aliphatic rings. The van der Waals surface area contributed by atoms with E-state index in [-0.39, 0.29) is 17.0 Å². The predicted octanol–water partition coefficient (Wildman–Crippen LogP) is 2.80. The second-order valence-corrected chi connectivity index (χ2v) is 7.85. The van der Waals surface area contributed by atoms with Crippen molar-refractivity contribution in [2.75, 3.05) is 0 Å². The van der Waals surface area contributed by atoms with Crippen molar-refractivity contribution >= 4 is 21.6 Å². The molecule has 0 atom stereocenters. The summed E-state index contributed by atoms with van der Waals surface area (Å²) in [5, 5.41) is 0.509. The van der Waals surface area contributed by atoms with E-state index in [9.17, 15) is 8.42 Å². The summed E-state index contributed by atoms with van der Waals surface area (Å²) in [4.78, 5) is 8.31. The number of nitrogens with one attached hydrogen (secondary N) is 1.